The fraction of sp³-hybridized carbons (Fsp3) is 0.111. The summed E-state index contributed by atoms with van der Waals surface area (Å²) in [6, 6.07) is 14.3. The topological polar surface area (TPSA) is 84.9 Å². The lowest BCUT2D eigenvalue weighted by Crippen LogP contribution is -2.17. The normalized spacial score (nSPS) is 9.50. The summed E-state index contributed by atoms with van der Waals surface area (Å²) in [5, 5.41) is 0. The van der Waals surface area contributed by atoms with Crippen LogP contribution in [0.1, 0.15) is 11.4 Å². The summed E-state index contributed by atoms with van der Waals surface area (Å²) in [7, 11) is 0. The predicted octanol–water partition coefficient (Wildman–Crippen LogP) is 2.35. The summed E-state index contributed by atoms with van der Waals surface area (Å²) in [6.45, 7) is 0. The molecule has 24 heavy (non-hydrogen) atoms. The molecule has 0 aliphatic carbocycles. The van der Waals surface area contributed by atoms with Crippen LogP contribution in [0.2, 0.25) is 0 Å². The lowest BCUT2D eigenvalue weighted by molar-refractivity contribution is -0.158. The number of esters is 2. The average molecular weight is 323 g/mol. The first-order valence-corrected chi connectivity index (χ1v) is 7.35. The Bertz CT molecular complexity index is 660. The highest BCUT2D eigenvalue weighted by Crippen LogP contribution is 2.00. The van der Waals surface area contributed by atoms with Gasteiger partial charge in [0.1, 0.15) is 0 Å². The maximum absolute atomic E-state index is 11.5. The SMILES string of the molecule is O=C(Cc1ccccn1)OC(=O)Cc1ccccn1.c1cc[nH]c1. The molecule has 6 heteroatoms. The predicted molar refractivity (Wildman–Crippen MR) is 87.8 cm³/mol. The quantitative estimate of drug-likeness (QED) is 0.588. The zero-order chi connectivity index (χ0) is 17.0. The summed E-state index contributed by atoms with van der Waals surface area (Å²) in [4.78, 5) is 33.9. The Hall–Kier alpha value is -3.28. The molecular weight excluding hydrogens is 306 g/mol. The number of carbonyl (C=O) groups is 2. The van der Waals surface area contributed by atoms with Crippen LogP contribution in [0, 0.1) is 0 Å². The fourth-order valence-electron chi connectivity index (χ4n) is 1.78. The standard InChI is InChI=1S/C14H12N2O3.C4H5N/c17-13(9-11-5-1-3-7-15-11)19-14(18)10-12-6-2-4-8-16-12;1-2-4-5-3-1/h1-8H,9-10H2;1-5H. The van der Waals surface area contributed by atoms with Gasteiger partial charge in [-0.2, -0.15) is 0 Å². The van der Waals surface area contributed by atoms with Crippen LogP contribution in [0.15, 0.2) is 73.3 Å². The van der Waals surface area contributed by atoms with Crippen LogP contribution in [0.5, 0.6) is 0 Å². The molecule has 0 atom stereocenters. The Balaban J connectivity index is 0.000000355. The van der Waals surface area contributed by atoms with Crippen LogP contribution in [0.3, 0.4) is 0 Å². The summed E-state index contributed by atoms with van der Waals surface area (Å²) in [5.74, 6) is -1.22. The minimum atomic E-state index is -0.611. The van der Waals surface area contributed by atoms with E-state index in [9.17, 15) is 9.59 Å². The fourth-order valence-corrected chi connectivity index (χ4v) is 1.78. The molecule has 3 heterocycles. The summed E-state index contributed by atoms with van der Waals surface area (Å²) < 4.78 is 4.70. The molecule has 3 aromatic heterocycles. The largest absolute Gasteiger partial charge is 0.393 e. The molecule has 0 aliphatic heterocycles. The Kier molecular flexibility index (Phi) is 6.89. The molecule has 0 saturated heterocycles. The Morgan fingerprint density at radius 3 is 1.62 bits per heavy atom. The van der Waals surface area contributed by atoms with Gasteiger partial charge >= 0.3 is 11.9 Å². The maximum atomic E-state index is 11.5. The van der Waals surface area contributed by atoms with Crippen molar-refractivity contribution < 1.29 is 14.3 Å². The van der Waals surface area contributed by atoms with Gasteiger partial charge in [-0.1, -0.05) is 12.1 Å². The van der Waals surface area contributed by atoms with Crippen molar-refractivity contribution in [3.05, 3.63) is 84.7 Å². The molecule has 0 fully saturated rings. The molecule has 0 saturated carbocycles. The number of ether oxygens (including phenoxy) is 1. The van der Waals surface area contributed by atoms with Crippen LogP contribution in [0.4, 0.5) is 0 Å². The number of pyridine rings is 2. The second-order valence-corrected chi connectivity index (χ2v) is 4.73. The van der Waals surface area contributed by atoms with Crippen molar-refractivity contribution >= 4 is 11.9 Å². The molecule has 0 bridgehead atoms. The smallest absolute Gasteiger partial charge is 0.319 e. The Labute approximate surface area is 139 Å². The van der Waals surface area contributed by atoms with Gasteiger partial charge in [0, 0.05) is 24.8 Å². The van der Waals surface area contributed by atoms with Crippen LogP contribution in [-0.4, -0.2) is 26.9 Å². The molecule has 0 unspecified atom stereocenters. The number of hydrogen-bond donors (Lipinski definition) is 1. The number of carbonyl (C=O) groups excluding carboxylic acids is 2. The van der Waals surface area contributed by atoms with E-state index in [1.807, 2.05) is 24.5 Å². The van der Waals surface area contributed by atoms with Gasteiger partial charge in [0.2, 0.25) is 0 Å². The first kappa shape index (κ1) is 17.1. The van der Waals surface area contributed by atoms with Crippen LogP contribution >= 0.6 is 0 Å². The number of H-pyrrole nitrogens is 1. The zero-order valence-corrected chi connectivity index (χ0v) is 13.0. The molecule has 3 aromatic rings. The first-order chi connectivity index (χ1) is 11.7. The summed E-state index contributed by atoms with van der Waals surface area (Å²) in [5.41, 5.74) is 1.14. The highest BCUT2D eigenvalue weighted by atomic mass is 16.6. The molecule has 0 amide bonds. The molecule has 0 radical (unpaired) electrons. The van der Waals surface area contributed by atoms with E-state index in [2.05, 4.69) is 15.0 Å². The molecule has 1 N–H and O–H groups in total. The van der Waals surface area contributed by atoms with E-state index in [0.717, 1.165) is 0 Å². The molecule has 0 spiro atoms. The first-order valence-electron chi connectivity index (χ1n) is 7.35. The second-order valence-electron chi connectivity index (χ2n) is 4.73. The van der Waals surface area contributed by atoms with Gasteiger partial charge in [-0.15, -0.1) is 0 Å². The van der Waals surface area contributed by atoms with Crippen LogP contribution in [0.25, 0.3) is 0 Å². The van der Waals surface area contributed by atoms with Gasteiger partial charge in [-0.05, 0) is 36.4 Å². The van der Waals surface area contributed by atoms with Gasteiger partial charge < -0.3 is 9.72 Å². The minimum Gasteiger partial charge on any atom is -0.393 e. The van der Waals surface area contributed by atoms with Gasteiger partial charge in [0.25, 0.3) is 0 Å². The summed E-state index contributed by atoms with van der Waals surface area (Å²) in [6.07, 6.45) is 6.88. The van der Waals surface area contributed by atoms with E-state index in [0.29, 0.717) is 11.4 Å². The third kappa shape index (κ3) is 6.65. The van der Waals surface area contributed by atoms with E-state index in [4.69, 9.17) is 4.74 Å². The van der Waals surface area contributed by atoms with Crippen molar-refractivity contribution in [1.82, 2.24) is 15.0 Å². The highest BCUT2D eigenvalue weighted by Gasteiger charge is 2.12. The average Bonchev–Trinajstić information content (AvgIpc) is 3.16. The van der Waals surface area contributed by atoms with Gasteiger partial charge in [0.05, 0.1) is 24.2 Å². The molecule has 0 aromatic carbocycles. The third-order valence-corrected chi connectivity index (χ3v) is 2.83. The van der Waals surface area contributed by atoms with Crippen molar-refractivity contribution in [2.45, 2.75) is 12.8 Å². The Morgan fingerprint density at radius 1 is 0.792 bits per heavy atom. The Morgan fingerprint density at radius 2 is 1.29 bits per heavy atom. The lowest BCUT2D eigenvalue weighted by Gasteiger charge is -2.02. The van der Waals surface area contributed by atoms with E-state index in [1.165, 1.54) is 0 Å². The van der Waals surface area contributed by atoms with Crippen molar-refractivity contribution in [2.24, 2.45) is 0 Å². The lowest BCUT2D eigenvalue weighted by atomic mass is 10.2. The van der Waals surface area contributed by atoms with Crippen molar-refractivity contribution in [1.29, 1.82) is 0 Å². The van der Waals surface area contributed by atoms with Gasteiger partial charge in [0.15, 0.2) is 0 Å². The van der Waals surface area contributed by atoms with E-state index in [1.54, 1.807) is 48.8 Å². The third-order valence-electron chi connectivity index (χ3n) is 2.83. The van der Waals surface area contributed by atoms with Gasteiger partial charge in [-0.3, -0.25) is 19.6 Å². The minimum absolute atomic E-state index is 0.0190. The maximum Gasteiger partial charge on any atom is 0.319 e. The van der Waals surface area contributed by atoms with Gasteiger partial charge in [-0.25, -0.2) is 0 Å². The van der Waals surface area contributed by atoms with Crippen molar-refractivity contribution in [2.75, 3.05) is 0 Å². The highest BCUT2D eigenvalue weighted by molar-refractivity contribution is 5.87. The number of nitrogens with zero attached hydrogens (tertiary/aromatic N) is 2. The number of rotatable bonds is 4. The molecule has 122 valence electrons. The van der Waals surface area contributed by atoms with Crippen molar-refractivity contribution in [3.63, 3.8) is 0 Å². The molecule has 6 nitrogen and oxygen atoms in total. The number of hydrogen-bond acceptors (Lipinski definition) is 5. The van der Waals surface area contributed by atoms with Crippen molar-refractivity contribution in [3.8, 4) is 0 Å². The zero-order valence-electron chi connectivity index (χ0n) is 13.0. The van der Waals surface area contributed by atoms with E-state index in [-0.39, 0.29) is 12.8 Å². The number of aromatic nitrogens is 3. The van der Waals surface area contributed by atoms with Crippen LogP contribution < -0.4 is 0 Å². The van der Waals surface area contributed by atoms with E-state index >= 15 is 0 Å². The monoisotopic (exact) mass is 323 g/mol. The number of nitrogens with one attached hydrogen (secondary N) is 1. The molecular formula is C18H17N3O3. The van der Waals surface area contributed by atoms with E-state index < -0.39 is 11.9 Å². The second kappa shape index (κ2) is 9.68. The molecule has 3 rings (SSSR count). The number of aromatic amines is 1. The van der Waals surface area contributed by atoms with Crippen LogP contribution in [-0.2, 0) is 27.2 Å². The molecule has 0 aliphatic rings. The summed E-state index contributed by atoms with van der Waals surface area (Å²) >= 11 is 0.